The summed E-state index contributed by atoms with van der Waals surface area (Å²) in [6.45, 7) is 3.72. The third-order valence-electron chi connectivity index (χ3n) is 2.11. The van der Waals surface area contributed by atoms with Crippen molar-refractivity contribution < 1.29 is 0 Å². The summed E-state index contributed by atoms with van der Waals surface area (Å²) in [5.74, 6) is 10.3. The average molecular weight is 190 g/mol. The zero-order valence-electron chi connectivity index (χ0n) is 8.36. The van der Waals surface area contributed by atoms with Gasteiger partial charge in [0.05, 0.1) is 11.4 Å². The minimum Gasteiger partial charge on any atom is -0.323 e. The molecule has 0 amide bonds. The molecule has 0 saturated carbocycles. The van der Waals surface area contributed by atoms with Crippen molar-refractivity contribution in [3.63, 3.8) is 0 Å². The van der Waals surface area contributed by atoms with Crippen LogP contribution in [0.4, 0.5) is 0 Å². The number of nitrogens with two attached hydrogens (primary N) is 2. The Balaban J connectivity index is 3.01. The van der Waals surface area contributed by atoms with Gasteiger partial charge in [0.2, 0.25) is 0 Å². The SMILES string of the molecule is CC(=NN)c1ccc(C(C)=NN)cc1. The fourth-order valence-corrected chi connectivity index (χ4v) is 1.10. The summed E-state index contributed by atoms with van der Waals surface area (Å²) in [5, 5.41) is 7.23. The molecule has 0 saturated heterocycles. The topological polar surface area (TPSA) is 76.8 Å². The molecule has 4 N–H and O–H groups in total. The van der Waals surface area contributed by atoms with Crippen LogP contribution in [0.25, 0.3) is 0 Å². The molecular formula is C10H14N4. The van der Waals surface area contributed by atoms with Gasteiger partial charge in [-0.05, 0) is 25.0 Å². The molecule has 0 fully saturated rings. The highest BCUT2D eigenvalue weighted by atomic mass is 15.1. The number of nitrogens with zero attached hydrogens (tertiary/aromatic N) is 2. The van der Waals surface area contributed by atoms with Crippen molar-refractivity contribution >= 4 is 11.4 Å². The Morgan fingerprint density at radius 1 is 0.857 bits per heavy atom. The van der Waals surface area contributed by atoms with Crippen molar-refractivity contribution in [3.8, 4) is 0 Å². The van der Waals surface area contributed by atoms with Crippen molar-refractivity contribution in [1.82, 2.24) is 0 Å². The van der Waals surface area contributed by atoms with Gasteiger partial charge in [-0.25, -0.2) is 0 Å². The van der Waals surface area contributed by atoms with Gasteiger partial charge in [0, 0.05) is 0 Å². The zero-order valence-corrected chi connectivity index (χ0v) is 8.36. The Morgan fingerprint density at radius 3 is 1.36 bits per heavy atom. The van der Waals surface area contributed by atoms with E-state index >= 15 is 0 Å². The lowest BCUT2D eigenvalue weighted by Gasteiger charge is -2.01. The summed E-state index contributed by atoms with van der Waals surface area (Å²) < 4.78 is 0. The van der Waals surface area contributed by atoms with Crippen LogP contribution in [0.3, 0.4) is 0 Å². The van der Waals surface area contributed by atoms with E-state index in [-0.39, 0.29) is 0 Å². The van der Waals surface area contributed by atoms with Gasteiger partial charge in [0.15, 0.2) is 0 Å². The highest BCUT2D eigenvalue weighted by Crippen LogP contribution is 2.06. The van der Waals surface area contributed by atoms with Gasteiger partial charge in [0.25, 0.3) is 0 Å². The standard InChI is InChI=1S/C10H14N4/c1-7(13-11)9-3-5-10(6-4-9)8(2)14-12/h3-6H,11-12H2,1-2H3. The molecule has 0 aromatic heterocycles. The Labute approximate surface area is 83.3 Å². The lowest BCUT2D eigenvalue weighted by atomic mass is 10.1. The minimum atomic E-state index is 0.805. The predicted molar refractivity (Wildman–Crippen MR) is 59.2 cm³/mol. The molecule has 14 heavy (non-hydrogen) atoms. The molecule has 4 heteroatoms. The molecular weight excluding hydrogens is 176 g/mol. The van der Waals surface area contributed by atoms with Crippen LogP contribution < -0.4 is 11.7 Å². The van der Waals surface area contributed by atoms with Crippen LogP contribution in [0.15, 0.2) is 34.5 Å². The quantitative estimate of drug-likeness (QED) is 0.415. The van der Waals surface area contributed by atoms with E-state index in [4.69, 9.17) is 11.7 Å². The molecule has 0 aliphatic carbocycles. The Hall–Kier alpha value is -1.84. The first-order chi connectivity index (χ1) is 6.69. The lowest BCUT2D eigenvalue weighted by molar-refractivity contribution is 1.23. The molecule has 1 rings (SSSR count). The van der Waals surface area contributed by atoms with Gasteiger partial charge in [-0.1, -0.05) is 24.3 Å². The fraction of sp³-hybridized carbons (Fsp3) is 0.200. The molecule has 1 aromatic carbocycles. The molecule has 0 radical (unpaired) electrons. The Morgan fingerprint density at radius 2 is 1.14 bits per heavy atom. The second kappa shape index (κ2) is 4.41. The molecule has 1 aromatic rings. The van der Waals surface area contributed by atoms with Crippen molar-refractivity contribution in [3.05, 3.63) is 35.4 Å². The summed E-state index contributed by atoms with van der Waals surface area (Å²) in [6.07, 6.45) is 0. The summed E-state index contributed by atoms with van der Waals surface area (Å²) in [7, 11) is 0. The molecule has 0 spiro atoms. The van der Waals surface area contributed by atoms with E-state index < -0.39 is 0 Å². The van der Waals surface area contributed by atoms with Crippen molar-refractivity contribution in [2.75, 3.05) is 0 Å². The number of benzene rings is 1. The summed E-state index contributed by atoms with van der Waals surface area (Å²) in [6, 6.07) is 7.76. The van der Waals surface area contributed by atoms with E-state index in [2.05, 4.69) is 10.2 Å². The number of hydrogen-bond donors (Lipinski definition) is 2. The van der Waals surface area contributed by atoms with Crippen molar-refractivity contribution in [2.45, 2.75) is 13.8 Å². The van der Waals surface area contributed by atoms with Gasteiger partial charge in [-0.3, -0.25) is 0 Å². The molecule has 4 nitrogen and oxygen atoms in total. The Kier molecular flexibility index (Phi) is 3.23. The van der Waals surface area contributed by atoms with Gasteiger partial charge in [-0.2, -0.15) is 10.2 Å². The molecule has 0 bridgehead atoms. The van der Waals surface area contributed by atoms with Crippen molar-refractivity contribution in [2.24, 2.45) is 21.9 Å². The summed E-state index contributed by atoms with van der Waals surface area (Å²) in [5.41, 5.74) is 3.61. The first kappa shape index (κ1) is 10.2. The maximum absolute atomic E-state index is 5.17. The summed E-state index contributed by atoms with van der Waals surface area (Å²) >= 11 is 0. The number of hydrogen-bond acceptors (Lipinski definition) is 4. The van der Waals surface area contributed by atoms with Crippen LogP contribution in [0.5, 0.6) is 0 Å². The highest BCUT2D eigenvalue weighted by molar-refractivity contribution is 6.01. The largest absolute Gasteiger partial charge is 0.323 e. The third-order valence-corrected chi connectivity index (χ3v) is 2.11. The maximum Gasteiger partial charge on any atom is 0.0641 e. The molecule has 0 atom stereocenters. The molecule has 74 valence electrons. The number of rotatable bonds is 2. The lowest BCUT2D eigenvalue weighted by Crippen LogP contribution is -2.01. The molecule has 0 aliphatic rings. The Bertz CT molecular complexity index is 325. The van der Waals surface area contributed by atoms with Gasteiger partial charge < -0.3 is 11.7 Å². The number of hydrazone groups is 2. The van der Waals surface area contributed by atoms with Crippen LogP contribution in [0, 0.1) is 0 Å². The second-order valence-corrected chi connectivity index (χ2v) is 3.01. The van der Waals surface area contributed by atoms with Crippen molar-refractivity contribution in [1.29, 1.82) is 0 Å². The normalized spacial score (nSPS) is 13.0. The summed E-state index contributed by atoms with van der Waals surface area (Å²) in [4.78, 5) is 0. The molecule has 0 heterocycles. The van der Waals surface area contributed by atoms with Crippen LogP contribution in [-0.2, 0) is 0 Å². The minimum absolute atomic E-state index is 0.805. The molecule has 0 aliphatic heterocycles. The van der Waals surface area contributed by atoms with E-state index in [1.807, 2.05) is 38.1 Å². The van der Waals surface area contributed by atoms with Crippen LogP contribution in [0.1, 0.15) is 25.0 Å². The monoisotopic (exact) mass is 190 g/mol. The van der Waals surface area contributed by atoms with Gasteiger partial charge >= 0.3 is 0 Å². The predicted octanol–water partition coefficient (Wildman–Crippen LogP) is 1.05. The molecule has 0 unspecified atom stereocenters. The van der Waals surface area contributed by atoms with E-state index in [0.717, 1.165) is 22.6 Å². The highest BCUT2D eigenvalue weighted by Gasteiger charge is 1.99. The van der Waals surface area contributed by atoms with Gasteiger partial charge in [0.1, 0.15) is 0 Å². The van der Waals surface area contributed by atoms with E-state index in [0.29, 0.717) is 0 Å². The zero-order chi connectivity index (χ0) is 10.6. The smallest absolute Gasteiger partial charge is 0.0641 e. The fourth-order valence-electron chi connectivity index (χ4n) is 1.10. The first-order valence-electron chi connectivity index (χ1n) is 4.28. The van der Waals surface area contributed by atoms with Crippen LogP contribution >= 0.6 is 0 Å². The maximum atomic E-state index is 5.17. The van der Waals surface area contributed by atoms with Gasteiger partial charge in [-0.15, -0.1) is 0 Å². The first-order valence-corrected chi connectivity index (χ1v) is 4.28. The van der Waals surface area contributed by atoms with Crippen LogP contribution in [-0.4, -0.2) is 11.4 Å². The van der Waals surface area contributed by atoms with Crippen LogP contribution in [0.2, 0.25) is 0 Å². The second-order valence-electron chi connectivity index (χ2n) is 3.01. The average Bonchev–Trinajstić information content (AvgIpc) is 2.27. The van der Waals surface area contributed by atoms with E-state index in [1.165, 1.54) is 0 Å². The van der Waals surface area contributed by atoms with E-state index in [9.17, 15) is 0 Å². The van der Waals surface area contributed by atoms with E-state index in [1.54, 1.807) is 0 Å². The third kappa shape index (κ3) is 2.10.